The summed E-state index contributed by atoms with van der Waals surface area (Å²) in [7, 11) is 0. The first-order chi connectivity index (χ1) is 18.6. The van der Waals surface area contributed by atoms with E-state index in [2.05, 4.69) is 15.6 Å². The lowest BCUT2D eigenvalue weighted by atomic mass is 10.0. The molecule has 4 unspecified atom stereocenters. The second-order valence-corrected chi connectivity index (χ2v) is 9.78. The Labute approximate surface area is 225 Å². The van der Waals surface area contributed by atoms with Crippen molar-refractivity contribution in [2.24, 2.45) is 17.2 Å². The maximum absolute atomic E-state index is 13.5. The van der Waals surface area contributed by atoms with Crippen molar-refractivity contribution in [2.45, 2.75) is 69.1 Å². The summed E-state index contributed by atoms with van der Waals surface area (Å²) in [4.78, 5) is 67.3. The summed E-state index contributed by atoms with van der Waals surface area (Å²) < 4.78 is 0. The van der Waals surface area contributed by atoms with Gasteiger partial charge in [-0.3, -0.25) is 19.2 Å². The molecular weight excluding hydrogens is 506 g/mol. The molecule has 4 amide bonds. The summed E-state index contributed by atoms with van der Waals surface area (Å²) in [6.45, 7) is 0.642. The van der Waals surface area contributed by atoms with Crippen molar-refractivity contribution in [2.75, 3.05) is 13.1 Å². The van der Waals surface area contributed by atoms with E-state index in [9.17, 15) is 29.1 Å². The van der Waals surface area contributed by atoms with E-state index >= 15 is 0 Å². The van der Waals surface area contributed by atoms with Gasteiger partial charge in [0.15, 0.2) is 0 Å². The van der Waals surface area contributed by atoms with Gasteiger partial charge in [-0.25, -0.2) is 4.79 Å². The number of carbonyl (C=O) groups excluding carboxylic acids is 4. The fraction of sp³-hybridized carbons (Fsp3) is 0.500. The molecule has 1 saturated heterocycles. The van der Waals surface area contributed by atoms with Crippen molar-refractivity contribution in [3.63, 3.8) is 0 Å². The van der Waals surface area contributed by atoms with Crippen LogP contribution in [0.5, 0.6) is 0 Å². The van der Waals surface area contributed by atoms with E-state index in [1.54, 1.807) is 6.20 Å². The zero-order valence-electron chi connectivity index (χ0n) is 21.7. The number of carboxylic acids is 1. The number of hydrogen-bond acceptors (Lipinski definition) is 7. The van der Waals surface area contributed by atoms with Crippen LogP contribution in [-0.2, 0) is 30.4 Å². The first-order valence-electron chi connectivity index (χ1n) is 13.0. The highest BCUT2D eigenvalue weighted by Crippen LogP contribution is 2.21. The molecule has 1 aliphatic heterocycles. The van der Waals surface area contributed by atoms with Gasteiger partial charge in [0.2, 0.25) is 23.6 Å². The molecule has 0 aliphatic carbocycles. The minimum absolute atomic E-state index is 0.0655. The van der Waals surface area contributed by atoms with Crippen molar-refractivity contribution < 1.29 is 29.1 Å². The van der Waals surface area contributed by atoms with Gasteiger partial charge < -0.3 is 42.8 Å². The Morgan fingerprint density at radius 2 is 1.79 bits per heavy atom. The third-order valence-corrected chi connectivity index (χ3v) is 6.88. The smallest absolute Gasteiger partial charge is 0.326 e. The number of benzene rings is 1. The molecule has 2 aromatic rings. The van der Waals surface area contributed by atoms with Crippen LogP contribution in [0.25, 0.3) is 10.9 Å². The molecule has 0 radical (unpaired) electrons. The van der Waals surface area contributed by atoms with Crippen LogP contribution >= 0.6 is 0 Å². The van der Waals surface area contributed by atoms with Crippen molar-refractivity contribution >= 4 is 40.5 Å². The monoisotopic (exact) mass is 543 g/mol. The number of aromatic amines is 1. The Kier molecular flexibility index (Phi) is 10.4. The number of primary amides is 1. The van der Waals surface area contributed by atoms with Crippen LogP contribution in [0.3, 0.4) is 0 Å². The van der Waals surface area contributed by atoms with Gasteiger partial charge in [-0.1, -0.05) is 24.6 Å². The Morgan fingerprint density at radius 3 is 2.49 bits per heavy atom. The van der Waals surface area contributed by atoms with Crippen molar-refractivity contribution in [1.82, 2.24) is 20.5 Å². The predicted molar refractivity (Wildman–Crippen MR) is 143 cm³/mol. The van der Waals surface area contributed by atoms with Crippen LogP contribution in [0, 0.1) is 0 Å². The fourth-order valence-electron chi connectivity index (χ4n) is 4.81. The van der Waals surface area contributed by atoms with Crippen LogP contribution in [0.15, 0.2) is 30.5 Å². The normalized spacial score (nSPS) is 17.4. The third-order valence-electron chi connectivity index (χ3n) is 6.88. The van der Waals surface area contributed by atoms with E-state index in [-0.39, 0.29) is 19.4 Å². The molecule has 3 rings (SSSR count). The number of amides is 4. The number of H-pyrrole nitrogens is 1. The molecular formula is C26H37N7O6. The van der Waals surface area contributed by atoms with Crippen molar-refractivity contribution in [1.29, 1.82) is 0 Å². The maximum Gasteiger partial charge on any atom is 0.326 e. The number of carboxylic acid groups (broad SMARTS) is 1. The molecule has 13 nitrogen and oxygen atoms in total. The number of likely N-dealkylation sites (tertiary alicyclic amines) is 1. The van der Waals surface area contributed by atoms with Gasteiger partial charge in [0.05, 0.1) is 12.5 Å². The first-order valence-corrected chi connectivity index (χ1v) is 13.0. The zero-order chi connectivity index (χ0) is 28.5. The maximum atomic E-state index is 13.5. The van der Waals surface area contributed by atoms with E-state index < -0.39 is 60.2 Å². The number of hydrogen-bond donors (Lipinski definition) is 7. The second-order valence-electron chi connectivity index (χ2n) is 9.78. The number of fused-ring (bicyclic) bond motifs is 1. The van der Waals surface area contributed by atoms with Gasteiger partial charge in [0.25, 0.3) is 0 Å². The third kappa shape index (κ3) is 7.77. The molecule has 0 saturated carbocycles. The average molecular weight is 544 g/mol. The number of nitrogens with two attached hydrogens (primary N) is 3. The van der Waals surface area contributed by atoms with Gasteiger partial charge >= 0.3 is 5.97 Å². The van der Waals surface area contributed by atoms with E-state index in [0.29, 0.717) is 32.2 Å². The SMILES string of the molecule is NCCCCC(N)C(=O)NC(Cc1c[nH]c2ccccc12)C(=O)NC(CC(N)=O)C(=O)N1CCCC1C(=O)O. The summed E-state index contributed by atoms with van der Waals surface area (Å²) in [6.07, 6.45) is 3.71. The summed E-state index contributed by atoms with van der Waals surface area (Å²) >= 11 is 0. The van der Waals surface area contributed by atoms with Crippen LogP contribution < -0.4 is 27.8 Å². The van der Waals surface area contributed by atoms with Crippen LogP contribution in [-0.4, -0.2) is 81.8 Å². The standard InChI is InChI=1S/C26H37N7O6/c27-10-4-3-7-17(28)23(35)31-19(12-15-14-30-18-8-2-1-6-16(15)18)24(36)32-20(13-22(29)34)25(37)33-11-5-9-21(33)26(38)39/h1-2,6,8,14,17,19-21,30H,3-5,7,9-13,27-28H2,(H2,29,34)(H,31,35)(H,32,36)(H,38,39). The summed E-state index contributed by atoms with van der Waals surface area (Å²) in [5.74, 6) is -4.01. The highest BCUT2D eigenvalue weighted by molar-refractivity contribution is 5.96. The van der Waals surface area contributed by atoms with Gasteiger partial charge in [-0.15, -0.1) is 0 Å². The lowest BCUT2D eigenvalue weighted by molar-refractivity contribution is -0.149. The molecule has 212 valence electrons. The number of aromatic nitrogens is 1. The van der Waals surface area contributed by atoms with Gasteiger partial charge in [-0.05, 0) is 43.9 Å². The molecule has 39 heavy (non-hydrogen) atoms. The number of nitrogens with zero attached hydrogens (tertiary/aromatic N) is 1. The number of aliphatic carboxylic acids is 1. The number of nitrogens with one attached hydrogen (secondary N) is 3. The minimum Gasteiger partial charge on any atom is -0.480 e. The summed E-state index contributed by atoms with van der Waals surface area (Å²) in [6, 6.07) is 2.97. The predicted octanol–water partition coefficient (Wildman–Crippen LogP) is -0.913. The quantitative estimate of drug-likeness (QED) is 0.147. The van der Waals surface area contributed by atoms with Crippen LogP contribution in [0.4, 0.5) is 0 Å². The Hall–Kier alpha value is -3.97. The van der Waals surface area contributed by atoms with E-state index in [4.69, 9.17) is 17.2 Å². The largest absolute Gasteiger partial charge is 0.480 e. The van der Waals surface area contributed by atoms with Crippen molar-refractivity contribution in [3.8, 4) is 0 Å². The van der Waals surface area contributed by atoms with Crippen molar-refractivity contribution in [3.05, 3.63) is 36.0 Å². The van der Waals surface area contributed by atoms with Gasteiger partial charge in [0.1, 0.15) is 18.1 Å². The van der Waals surface area contributed by atoms with Gasteiger partial charge in [0, 0.05) is 30.1 Å². The lowest BCUT2D eigenvalue weighted by Crippen LogP contribution is -2.58. The molecule has 1 aromatic carbocycles. The Bertz CT molecular complexity index is 1200. The molecule has 0 bridgehead atoms. The topological polar surface area (TPSA) is 227 Å². The van der Waals surface area contributed by atoms with Gasteiger partial charge in [-0.2, -0.15) is 0 Å². The highest BCUT2D eigenvalue weighted by Gasteiger charge is 2.39. The second kappa shape index (κ2) is 13.7. The summed E-state index contributed by atoms with van der Waals surface area (Å²) in [5.41, 5.74) is 18.5. The molecule has 1 fully saturated rings. The number of para-hydroxylation sites is 1. The minimum atomic E-state index is -1.39. The van der Waals surface area contributed by atoms with E-state index in [1.165, 1.54) is 0 Å². The fourth-order valence-corrected chi connectivity index (χ4v) is 4.81. The molecule has 13 heteroatoms. The number of rotatable bonds is 14. The lowest BCUT2D eigenvalue weighted by Gasteiger charge is -2.28. The molecule has 1 aliphatic rings. The number of unbranched alkanes of at least 4 members (excludes halogenated alkanes) is 1. The zero-order valence-corrected chi connectivity index (χ0v) is 21.7. The molecule has 0 spiro atoms. The Balaban J connectivity index is 1.83. The molecule has 10 N–H and O–H groups in total. The first kappa shape index (κ1) is 29.6. The molecule has 2 heterocycles. The molecule has 1 aromatic heterocycles. The average Bonchev–Trinajstić information content (AvgIpc) is 3.55. The van der Waals surface area contributed by atoms with Crippen LogP contribution in [0.2, 0.25) is 0 Å². The van der Waals surface area contributed by atoms with E-state index in [0.717, 1.165) is 21.4 Å². The van der Waals surface area contributed by atoms with E-state index in [1.807, 2.05) is 24.3 Å². The Morgan fingerprint density at radius 1 is 1.08 bits per heavy atom. The molecule has 4 atom stereocenters. The van der Waals surface area contributed by atoms with Crippen LogP contribution in [0.1, 0.15) is 44.1 Å². The highest BCUT2D eigenvalue weighted by atomic mass is 16.4. The summed E-state index contributed by atoms with van der Waals surface area (Å²) in [5, 5.41) is 15.6. The number of carbonyl (C=O) groups is 5.